The van der Waals surface area contributed by atoms with E-state index in [2.05, 4.69) is 11.4 Å². The van der Waals surface area contributed by atoms with E-state index in [0.29, 0.717) is 19.8 Å². The first-order valence-corrected chi connectivity index (χ1v) is 8.84. The number of carbonyl (C=O) groups excluding carboxylic acids is 1. The fraction of sp³-hybridized carbons (Fsp3) is 0.611. The highest BCUT2D eigenvalue weighted by molar-refractivity contribution is 6.31. The van der Waals surface area contributed by atoms with E-state index in [4.69, 9.17) is 22.1 Å². The van der Waals surface area contributed by atoms with Gasteiger partial charge in [-0.15, -0.1) is 0 Å². The highest BCUT2D eigenvalue weighted by Gasteiger charge is 2.37. The summed E-state index contributed by atoms with van der Waals surface area (Å²) < 4.78 is 5.53. The SMILES string of the molecule is N[C@H]1CC[C@H](C(=O)NCC2(c3ccccc3Cl)CCOCC2)C1. The molecule has 1 amide bonds. The fourth-order valence-electron chi connectivity index (χ4n) is 3.85. The van der Waals surface area contributed by atoms with Gasteiger partial charge in [0.05, 0.1) is 0 Å². The van der Waals surface area contributed by atoms with Crippen molar-refractivity contribution < 1.29 is 9.53 Å². The molecule has 5 heteroatoms. The summed E-state index contributed by atoms with van der Waals surface area (Å²) in [4.78, 5) is 12.5. The summed E-state index contributed by atoms with van der Waals surface area (Å²) in [7, 11) is 0. The Balaban J connectivity index is 1.72. The highest BCUT2D eigenvalue weighted by Crippen LogP contribution is 2.38. The molecule has 1 aliphatic heterocycles. The first kappa shape index (κ1) is 16.7. The molecule has 126 valence electrons. The van der Waals surface area contributed by atoms with Crippen LogP contribution in [-0.2, 0) is 14.9 Å². The molecular formula is C18H25ClN2O2. The molecule has 0 unspecified atom stereocenters. The monoisotopic (exact) mass is 336 g/mol. The van der Waals surface area contributed by atoms with Crippen LogP contribution in [-0.4, -0.2) is 31.7 Å². The normalized spacial score (nSPS) is 26.9. The Morgan fingerprint density at radius 2 is 2.04 bits per heavy atom. The fourth-order valence-corrected chi connectivity index (χ4v) is 4.19. The molecule has 2 aliphatic rings. The molecule has 0 spiro atoms. The topological polar surface area (TPSA) is 64.4 Å². The van der Waals surface area contributed by atoms with E-state index >= 15 is 0 Å². The van der Waals surface area contributed by atoms with Gasteiger partial charge in [-0.1, -0.05) is 29.8 Å². The van der Waals surface area contributed by atoms with E-state index in [1.54, 1.807) is 0 Å². The van der Waals surface area contributed by atoms with Gasteiger partial charge in [-0.05, 0) is 43.7 Å². The zero-order valence-electron chi connectivity index (χ0n) is 13.4. The van der Waals surface area contributed by atoms with Crippen LogP contribution >= 0.6 is 11.6 Å². The second-order valence-corrected chi connectivity index (χ2v) is 7.27. The quantitative estimate of drug-likeness (QED) is 0.888. The highest BCUT2D eigenvalue weighted by atomic mass is 35.5. The van der Waals surface area contributed by atoms with Crippen molar-refractivity contribution in [2.75, 3.05) is 19.8 Å². The Morgan fingerprint density at radius 3 is 2.70 bits per heavy atom. The van der Waals surface area contributed by atoms with Gasteiger partial charge in [0.2, 0.25) is 5.91 Å². The summed E-state index contributed by atoms with van der Waals surface area (Å²) in [5, 5.41) is 3.94. The molecule has 0 bridgehead atoms. The van der Waals surface area contributed by atoms with Gasteiger partial charge in [-0.2, -0.15) is 0 Å². The van der Waals surface area contributed by atoms with Gasteiger partial charge in [-0.3, -0.25) is 4.79 Å². The second-order valence-electron chi connectivity index (χ2n) is 6.86. The van der Waals surface area contributed by atoms with Gasteiger partial charge in [0.25, 0.3) is 0 Å². The van der Waals surface area contributed by atoms with E-state index < -0.39 is 0 Å². The number of nitrogens with one attached hydrogen (secondary N) is 1. The maximum atomic E-state index is 12.5. The van der Waals surface area contributed by atoms with Crippen LogP contribution in [0.5, 0.6) is 0 Å². The average Bonchev–Trinajstić information content (AvgIpc) is 3.00. The number of benzene rings is 1. The van der Waals surface area contributed by atoms with Gasteiger partial charge in [0, 0.05) is 42.2 Å². The number of amides is 1. The second kappa shape index (κ2) is 7.20. The Hall–Kier alpha value is -1.10. The molecule has 0 aromatic heterocycles. The molecule has 1 saturated heterocycles. The number of carbonyl (C=O) groups is 1. The molecule has 2 atom stereocenters. The number of hydrogen-bond acceptors (Lipinski definition) is 3. The van der Waals surface area contributed by atoms with Crippen molar-refractivity contribution in [1.29, 1.82) is 0 Å². The molecule has 1 aromatic rings. The minimum Gasteiger partial charge on any atom is -0.381 e. The smallest absolute Gasteiger partial charge is 0.223 e. The number of nitrogens with two attached hydrogens (primary N) is 1. The van der Waals surface area contributed by atoms with Crippen molar-refractivity contribution >= 4 is 17.5 Å². The van der Waals surface area contributed by atoms with Crippen molar-refractivity contribution in [3.8, 4) is 0 Å². The third-order valence-electron chi connectivity index (χ3n) is 5.34. The van der Waals surface area contributed by atoms with Crippen molar-refractivity contribution in [3.63, 3.8) is 0 Å². The van der Waals surface area contributed by atoms with E-state index in [9.17, 15) is 4.79 Å². The summed E-state index contributed by atoms with van der Waals surface area (Å²) in [6.45, 7) is 2.02. The predicted octanol–water partition coefficient (Wildman–Crippen LogP) is 2.63. The standard InChI is InChI=1S/C18H25ClN2O2/c19-16-4-2-1-3-15(16)18(7-9-23-10-8-18)12-21-17(22)13-5-6-14(20)11-13/h1-4,13-14H,5-12,20H2,(H,21,22)/t13-,14-/m0/s1. The number of rotatable bonds is 4. The molecule has 3 rings (SSSR count). The molecule has 4 nitrogen and oxygen atoms in total. The Labute approximate surface area is 142 Å². The van der Waals surface area contributed by atoms with Crippen LogP contribution in [0.15, 0.2) is 24.3 Å². The first-order chi connectivity index (χ1) is 11.1. The molecule has 2 fully saturated rings. The molecule has 0 radical (unpaired) electrons. The van der Waals surface area contributed by atoms with Crippen LogP contribution in [0.2, 0.25) is 5.02 Å². The van der Waals surface area contributed by atoms with Crippen LogP contribution in [0.1, 0.15) is 37.7 Å². The maximum Gasteiger partial charge on any atom is 0.223 e. The third-order valence-corrected chi connectivity index (χ3v) is 5.67. The van der Waals surface area contributed by atoms with Gasteiger partial charge in [0.1, 0.15) is 0 Å². The Kier molecular flexibility index (Phi) is 5.24. The lowest BCUT2D eigenvalue weighted by atomic mass is 9.74. The van der Waals surface area contributed by atoms with Crippen LogP contribution in [0.25, 0.3) is 0 Å². The summed E-state index contributed by atoms with van der Waals surface area (Å²) in [5.41, 5.74) is 6.91. The minimum absolute atomic E-state index is 0.0631. The van der Waals surface area contributed by atoms with Crippen molar-refractivity contribution in [2.45, 2.75) is 43.6 Å². The molecule has 23 heavy (non-hydrogen) atoms. The largest absolute Gasteiger partial charge is 0.381 e. The zero-order chi connectivity index (χ0) is 16.3. The lowest BCUT2D eigenvalue weighted by molar-refractivity contribution is -0.125. The van der Waals surface area contributed by atoms with Gasteiger partial charge in [-0.25, -0.2) is 0 Å². The molecule has 1 aromatic carbocycles. The van der Waals surface area contributed by atoms with Crippen LogP contribution in [0.4, 0.5) is 0 Å². The predicted molar refractivity (Wildman–Crippen MR) is 91.5 cm³/mol. The van der Waals surface area contributed by atoms with E-state index in [1.807, 2.05) is 18.2 Å². The van der Waals surface area contributed by atoms with Crippen molar-refractivity contribution in [3.05, 3.63) is 34.9 Å². The molecular weight excluding hydrogens is 312 g/mol. The lowest BCUT2D eigenvalue weighted by Crippen LogP contribution is -2.46. The third kappa shape index (κ3) is 3.70. The Bertz CT molecular complexity index is 558. The Morgan fingerprint density at radius 1 is 1.30 bits per heavy atom. The molecule has 1 saturated carbocycles. The summed E-state index contributed by atoms with van der Waals surface area (Å²) >= 11 is 6.44. The van der Waals surface area contributed by atoms with E-state index in [-0.39, 0.29) is 23.3 Å². The lowest BCUT2D eigenvalue weighted by Gasteiger charge is -2.38. The average molecular weight is 337 g/mol. The number of hydrogen-bond donors (Lipinski definition) is 2. The summed E-state index contributed by atoms with van der Waals surface area (Å²) in [6.07, 6.45) is 4.40. The van der Waals surface area contributed by atoms with E-state index in [1.165, 1.54) is 0 Å². The summed E-state index contributed by atoms with van der Waals surface area (Å²) in [6, 6.07) is 8.12. The van der Waals surface area contributed by atoms with Crippen molar-refractivity contribution in [2.24, 2.45) is 11.7 Å². The zero-order valence-corrected chi connectivity index (χ0v) is 14.1. The molecule has 1 aliphatic carbocycles. The van der Waals surface area contributed by atoms with Gasteiger partial charge < -0.3 is 15.8 Å². The van der Waals surface area contributed by atoms with Gasteiger partial charge in [0.15, 0.2) is 0 Å². The van der Waals surface area contributed by atoms with Gasteiger partial charge >= 0.3 is 0 Å². The number of halogens is 1. The van der Waals surface area contributed by atoms with Crippen LogP contribution < -0.4 is 11.1 Å². The van der Waals surface area contributed by atoms with Crippen LogP contribution in [0.3, 0.4) is 0 Å². The van der Waals surface area contributed by atoms with E-state index in [0.717, 1.165) is 42.7 Å². The maximum absolute atomic E-state index is 12.5. The molecule has 1 heterocycles. The minimum atomic E-state index is -0.132. The first-order valence-electron chi connectivity index (χ1n) is 8.47. The number of ether oxygens (including phenoxy) is 1. The molecule has 3 N–H and O–H groups in total. The van der Waals surface area contributed by atoms with Crippen molar-refractivity contribution in [1.82, 2.24) is 5.32 Å². The summed E-state index contributed by atoms with van der Waals surface area (Å²) in [5.74, 6) is 0.198. The van der Waals surface area contributed by atoms with Crippen LogP contribution in [0, 0.1) is 5.92 Å².